The summed E-state index contributed by atoms with van der Waals surface area (Å²) in [6, 6.07) is 11.2. The third-order valence-corrected chi connectivity index (χ3v) is 4.99. The zero-order valence-electron chi connectivity index (χ0n) is 13.0. The van der Waals surface area contributed by atoms with Crippen molar-refractivity contribution >= 4 is 21.7 Å². The molecule has 2 aromatic carbocycles. The number of benzene rings is 2. The summed E-state index contributed by atoms with van der Waals surface area (Å²) >= 11 is 0. The lowest BCUT2D eigenvalue weighted by molar-refractivity contribution is 0.0696. The van der Waals surface area contributed by atoms with Crippen molar-refractivity contribution in [3.8, 4) is 0 Å². The van der Waals surface area contributed by atoms with E-state index >= 15 is 0 Å². The van der Waals surface area contributed by atoms with E-state index in [1.165, 1.54) is 18.2 Å². The molecule has 0 aliphatic heterocycles. The van der Waals surface area contributed by atoms with E-state index in [4.69, 9.17) is 5.11 Å². The number of hydrogen-bond acceptors (Lipinski definition) is 3. The van der Waals surface area contributed by atoms with Crippen LogP contribution >= 0.6 is 0 Å². The Kier molecular flexibility index (Phi) is 5.05. The van der Waals surface area contributed by atoms with Crippen molar-refractivity contribution in [1.82, 2.24) is 0 Å². The lowest BCUT2D eigenvalue weighted by Crippen LogP contribution is -2.15. The largest absolute Gasteiger partial charge is 0.478 e. The highest BCUT2D eigenvalue weighted by molar-refractivity contribution is 7.92. The second-order valence-electron chi connectivity index (χ2n) is 5.34. The highest BCUT2D eigenvalue weighted by Gasteiger charge is 2.19. The molecule has 2 rings (SSSR count). The lowest BCUT2D eigenvalue weighted by Gasteiger charge is -2.11. The molecule has 2 N–H and O–H groups in total. The summed E-state index contributed by atoms with van der Waals surface area (Å²) in [5.74, 6) is -1.16. The number of carboxylic acids is 1. The SMILES string of the molecule is CCCc1ccc(NS(=O)(=O)c2cc(C(=O)O)ccc2C)cc1. The fraction of sp³-hybridized carbons (Fsp3) is 0.235. The first-order valence-electron chi connectivity index (χ1n) is 7.29. The first-order valence-corrected chi connectivity index (χ1v) is 8.77. The molecule has 0 aliphatic carbocycles. The maximum atomic E-state index is 12.5. The topological polar surface area (TPSA) is 83.5 Å². The Morgan fingerprint density at radius 3 is 2.35 bits per heavy atom. The Balaban J connectivity index is 2.31. The van der Waals surface area contributed by atoms with Gasteiger partial charge in [0.05, 0.1) is 10.5 Å². The van der Waals surface area contributed by atoms with Gasteiger partial charge in [0, 0.05) is 5.69 Å². The Hall–Kier alpha value is -2.34. The monoisotopic (exact) mass is 333 g/mol. The number of aromatic carboxylic acids is 1. The van der Waals surface area contributed by atoms with Crippen LogP contribution in [-0.2, 0) is 16.4 Å². The van der Waals surface area contributed by atoms with Gasteiger partial charge in [-0.15, -0.1) is 0 Å². The average molecular weight is 333 g/mol. The number of aryl methyl sites for hydroxylation is 2. The van der Waals surface area contributed by atoms with Gasteiger partial charge >= 0.3 is 5.97 Å². The van der Waals surface area contributed by atoms with Crippen LogP contribution in [0.25, 0.3) is 0 Å². The van der Waals surface area contributed by atoms with Crippen LogP contribution in [0.4, 0.5) is 5.69 Å². The number of anilines is 1. The number of nitrogens with one attached hydrogen (secondary N) is 1. The van der Waals surface area contributed by atoms with Crippen molar-refractivity contribution in [1.29, 1.82) is 0 Å². The summed E-state index contributed by atoms with van der Waals surface area (Å²) in [6.45, 7) is 3.71. The Bertz CT molecular complexity index is 811. The van der Waals surface area contributed by atoms with Gasteiger partial charge < -0.3 is 5.11 Å². The molecule has 0 saturated carbocycles. The standard InChI is InChI=1S/C17H19NO4S/c1-3-4-13-6-9-15(10-7-13)18-23(21,22)16-11-14(17(19)20)8-5-12(16)2/h5-11,18H,3-4H2,1-2H3,(H,19,20). The van der Waals surface area contributed by atoms with Gasteiger partial charge in [-0.3, -0.25) is 4.72 Å². The summed E-state index contributed by atoms with van der Waals surface area (Å²) in [6.07, 6.45) is 1.96. The van der Waals surface area contributed by atoms with Crippen LogP contribution in [0.5, 0.6) is 0 Å². The van der Waals surface area contributed by atoms with Gasteiger partial charge in [-0.2, -0.15) is 0 Å². The van der Waals surface area contributed by atoms with E-state index in [-0.39, 0.29) is 10.5 Å². The minimum Gasteiger partial charge on any atom is -0.478 e. The molecule has 0 bridgehead atoms. The Morgan fingerprint density at radius 2 is 1.78 bits per heavy atom. The second-order valence-corrected chi connectivity index (χ2v) is 6.99. The van der Waals surface area contributed by atoms with Crippen LogP contribution in [0.15, 0.2) is 47.4 Å². The van der Waals surface area contributed by atoms with Gasteiger partial charge in [0.25, 0.3) is 10.0 Å². The molecular weight excluding hydrogens is 314 g/mol. The molecule has 6 heteroatoms. The minimum absolute atomic E-state index is 0.0324. The van der Waals surface area contributed by atoms with Crippen molar-refractivity contribution in [2.24, 2.45) is 0 Å². The van der Waals surface area contributed by atoms with Crippen LogP contribution < -0.4 is 4.72 Å². The average Bonchev–Trinajstić information content (AvgIpc) is 2.49. The van der Waals surface area contributed by atoms with Crippen molar-refractivity contribution in [3.63, 3.8) is 0 Å². The van der Waals surface area contributed by atoms with E-state index in [0.29, 0.717) is 11.3 Å². The zero-order chi connectivity index (χ0) is 17.0. The first kappa shape index (κ1) is 17.0. The van der Waals surface area contributed by atoms with Crippen molar-refractivity contribution in [2.45, 2.75) is 31.6 Å². The van der Waals surface area contributed by atoms with Crippen LogP contribution in [0.2, 0.25) is 0 Å². The summed E-state index contributed by atoms with van der Waals surface area (Å²) in [4.78, 5) is 11.0. The number of carboxylic acid groups (broad SMARTS) is 1. The molecule has 0 unspecified atom stereocenters. The van der Waals surface area contributed by atoms with E-state index in [1.807, 2.05) is 12.1 Å². The van der Waals surface area contributed by atoms with Crippen LogP contribution in [0.1, 0.15) is 34.8 Å². The molecule has 0 saturated heterocycles. The summed E-state index contributed by atoms with van der Waals surface area (Å²) in [7, 11) is -3.84. The fourth-order valence-corrected chi connectivity index (χ4v) is 3.59. The first-order chi connectivity index (χ1) is 10.8. The Morgan fingerprint density at radius 1 is 1.13 bits per heavy atom. The number of sulfonamides is 1. The van der Waals surface area contributed by atoms with Gasteiger partial charge in [-0.05, 0) is 48.7 Å². The summed E-state index contributed by atoms with van der Waals surface area (Å²) in [5, 5.41) is 9.02. The van der Waals surface area contributed by atoms with Gasteiger partial charge in [0.15, 0.2) is 0 Å². The Labute approximate surface area is 136 Å². The maximum absolute atomic E-state index is 12.5. The molecule has 0 aliphatic rings. The fourth-order valence-electron chi connectivity index (χ4n) is 2.26. The van der Waals surface area contributed by atoms with Crippen LogP contribution in [0.3, 0.4) is 0 Å². The minimum atomic E-state index is -3.84. The van der Waals surface area contributed by atoms with Crippen molar-refractivity contribution in [3.05, 3.63) is 59.2 Å². The smallest absolute Gasteiger partial charge is 0.335 e. The summed E-state index contributed by atoms with van der Waals surface area (Å²) in [5.41, 5.74) is 2.02. The van der Waals surface area contributed by atoms with E-state index in [1.54, 1.807) is 19.1 Å². The molecular formula is C17H19NO4S. The predicted molar refractivity (Wildman–Crippen MR) is 89.4 cm³/mol. The molecule has 2 aromatic rings. The highest BCUT2D eigenvalue weighted by atomic mass is 32.2. The quantitative estimate of drug-likeness (QED) is 0.848. The molecule has 0 fully saturated rings. The van der Waals surface area contributed by atoms with E-state index in [9.17, 15) is 13.2 Å². The maximum Gasteiger partial charge on any atom is 0.335 e. The molecule has 0 radical (unpaired) electrons. The molecule has 122 valence electrons. The highest BCUT2D eigenvalue weighted by Crippen LogP contribution is 2.21. The van der Waals surface area contributed by atoms with Crippen molar-refractivity contribution in [2.75, 3.05) is 4.72 Å². The molecule has 0 atom stereocenters. The number of hydrogen-bond donors (Lipinski definition) is 2. The predicted octanol–water partition coefficient (Wildman–Crippen LogP) is 3.45. The van der Waals surface area contributed by atoms with E-state index in [0.717, 1.165) is 18.4 Å². The van der Waals surface area contributed by atoms with E-state index in [2.05, 4.69) is 11.6 Å². The van der Waals surface area contributed by atoms with Crippen LogP contribution in [0, 0.1) is 6.92 Å². The molecule has 0 heterocycles. The third-order valence-electron chi connectivity index (χ3n) is 3.47. The van der Waals surface area contributed by atoms with Crippen molar-refractivity contribution < 1.29 is 18.3 Å². The van der Waals surface area contributed by atoms with Crippen LogP contribution in [-0.4, -0.2) is 19.5 Å². The normalized spacial score (nSPS) is 11.2. The molecule has 23 heavy (non-hydrogen) atoms. The van der Waals surface area contributed by atoms with E-state index < -0.39 is 16.0 Å². The molecule has 5 nitrogen and oxygen atoms in total. The van der Waals surface area contributed by atoms with Gasteiger partial charge in [-0.25, -0.2) is 13.2 Å². The second kappa shape index (κ2) is 6.83. The molecule has 0 spiro atoms. The zero-order valence-corrected chi connectivity index (χ0v) is 13.9. The van der Waals surface area contributed by atoms with Gasteiger partial charge in [-0.1, -0.05) is 31.5 Å². The number of rotatable bonds is 6. The molecule has 0 amide bonds. The third kappa shape index (κ3) is 4.10. The lowest BCUT2D eigenvalue weighted by atomic mass is 10.1. The number of carbonyl (C=O) groups is 1. The molecule has 0 aromatic heterocycles. The summed E-state index contributed by atoms with van der Waals surface area (Å²) < 4.78 is 27.5. The van der Waals surface area contributed by atoms with Gasteiger partial charge in [0.1, 0.15) is 0 Å². The van der Waals surface area contributed by atoms with Gasteiger partial charge in [0.2, 0.25) is 0 Å².